The number of carbonyl (C=O) groups excluding carboxylic acids is 1. The van der Waals surface area contributed by atoms with Crippen LogP contribution in [0.25, 0.3) is 0 Å². The second kappa shape index (κ2) is 5.61. The van der Waals surface area contributed by atoms with Gasteiger partial charge in [-0.1, -0.05) is 23.7 Å². The maximum absolute atomic E-state index is 12.1. The van der Waals surface area contributed by atoms with E-state index in [1.165, 1.54) is 6.39 Å². The summed E-state index contributed by atoms with van der Waals surface area (Å²) in [6, 6.07) is 3.14. The van der Waals surface area contributed by atoms with Crippen LogP contribution in [0.2, 0.25) is 5.02 Å². The highest BCUT2D eigenvalue weighted by Crippen LogP contribution is 2.39. The minimum Gasteiger partial charge on any atom is -0.454 e. The molecule has 0 aliphatic carbocycles. The summed E-state index contributed by atoms with van der Waals surface area (Å²) in [6.45, 7) is 2.37. The van der Waals surface area contributed by atoms with Gasteiger partial charge in [0.15, 0.2) is 17.3 Å². The van der Waals surface area contributed by atoms with Crippen molar-refractivity contribution in [3.8, 4) is 11.5 Å². The predicted octanol–water partition coefficient (Wildman–Crippen LogP) is 1.99. The van der Waals surface area contributed by atoms with Gasteiger partial charge in [0, 0.05) is 18.0 Å². The van der Waals surface area contributed by atoms with Crippen molar-refractivity contribution in [1.29, 1.82) is 0 Å². The third kappa shape index (κ3) is 2.78. The second-order valence-corrected chi connectivity index (χ2v) is 5.00. The Hall–Kier alpha value is -2.28. The van der Waals surface area contributed by atoms with Crippen LogP contribution in [0.15, 0.2) is 23.0 Å². The molecule has 3 rings (SSSR count). The smallest absolute Gasteiger partial charge is 0.251 e. The third-order valence-electron chi connectivity index (χ3n) is 3.08. The number of aromatic nitrogens is 2. The van der Waals surface area contributed by atoms with Crippen LogP contribution >= 0.6 is 11.6 Å². The number of halogens is 1. The van der Waals surface area contributed by atoms with Crippen molar-refractivity contribution >= 4 is 17.5 Å². The van der Waals surface area contributed by atoms with Gasteiger partial charge in [-0.2, -0.15) is 4.98 Å². The second-order valence-electron chi connectivity index (χ2n) is 4.59. The number of nitrogens with one attached hydrogen (secondary N) is 1. The predicted molar refractivity (Wildman–Crippen MR) is 72.6 cm³/mol. The van der Waals surface area contributed by atoms with Gasteiger partial charge >= 0.3 is 0 Å². The standard InChI is InChI=1S/C13H12ClN3O4/c1-7(12-16-5-21-17-12)4-15-13(18)8-2-9(14)11-10(3-8)19-6-20-11/h2-3,5,7H,4,6H2,1H3,(H,15,18). The fourth-order valence-corrected chi connectivity index (χ4v) is 2.20. The molecule has 0 saturated carbocycles. The molecule has 1 aromatic carbocycles. The van der Waals surface area contributed by atoms with Crippen LogP contribution in [0, 0.1) is 0 Å². The summed E-state index contributed by atoms with van der Waals surface area (Å²) in [5.41, 5.74) is 0.407. The summed E-state index contributed by atoms with van der Waals surface area (Å²) in [7, 11) is 0. The highest BCUT2D eigenvalue weighted by molar-refractivity contribution is 6.32. The van der Waals surface area contributed by atoms with E-state index in [1.54, 1.807) is 12.1 Å². The average Bonchev–Trinajstić information content (AvgIpc) is 3.14. The lowest BCUT2D eigenvalue weighted by atomic mass is 10.1. The molecule has 1 atom stereocenters. The van der Waals surface area contributed by atoms with Crippen molar-refractivity contribution in [3.63, 3.8) is 0 Å². The van der Waals surface area contributed by atoms with E-state index in [4.69, 9.17) is 21.1 Å². The number of ether oxygens (including phenoxy) is 2. The lowest BCUT2D eigenvalue weighted by Gasteiger charge is -2.10. The molecule has 0 fully saturated rings. The molecule has 0 saturated heterocycles. The van der Waals surface area contributed by atoms with Gasteiger partial charge in [0.25, 0.3) is 5.91 Å². The lowest BCUT2D eigenvalue weighted by Crippen LogP contribution is -2.27. The molecule has 1 amide bonds. The summed E-state index contributed by atoms with van der Waals surface area (Å²) in [5.74, 6) is 1.16. The van der Waals surface area contributed by atoms with Crippen molar-refractivity contribution in [2.75, 3.05) is 13.3 Å². The molecule has 110 valence electrons. The highest BCUT2D eigenvalue weighted by atomic mass is 35.5. The molecule has 1 aliphatic heterocycles. The molecule has 2 aromatic rings. The van der Waals surface area contributed by atoms with Crippen LogP contribution in [0.3, 0.4) is 0 Å². The Morgan fingerprint density at radius 3 is 3.10 bits per heavy atom. The number of benzene rings is 1. The van der Waals surface area contributed by atoms with Gasteiger partial charge in [0.05, 0.1) is 5.02 Å². The number of hydrogen-bond donors (Lipinski definition) is 1. The number of amides is 1. The summed E-state index contributed by atoms with van der Waals surface area (Å²) in [6.07, 6.45) is 1.26. The minimum atomic E-state index is -0.259. The van der Waals surface area contributed by atoms with E-state index in [0.29, 0.717) is 34.5 Å². The fourth-order valence-electron chi connectivity index (χ4n) is 1.93. The molecule has 21 heavy (non-hydrogen) atoms. The molecule has 1 aromatic heterocycles. The first-order chi connectivity index (χ1) is 10.1. The number of hydrogen-bond acceptors (Lipinski definition) is 6. The van der Waals surface area contributed by atoms with Crippen LogP contribution in [0.4, 0.5) is 0 Å². The first-order valence-corrected chi connectivity index (χ1v) is 6.66. The van der Waals surface area contributed by atoms with Crippen LogP contribution in [0.1, 0.15) is 29.0 Å². The molecule has 1 unspecified atom stereocenters. The van der Waals surface area contributed by atoms with E-state index >= 15 is 0 Å². The van der Waals surface area contributed by atoms with E-state index in [9.17, 15) is 4.79 Å². The Bertz CT molecular complexity index is 660. The molecule has 2 heterocycles. The number of fused-ring (bicyclic) bond motifs is 1. The van der Waals surface area contributed by atoms with Gasteiger partial charge in [-0.15, -0.1) is 0 Å². The third-order valence-corrected chi connectivity index (χ3v) is 3.36. The minimum absolute atomic E-state index is 0.0582. The maximum atomic E-state index is 12.1. The molecule has 1 N–H and O–H groups in total. The molecule has 1 aliphatic rings. The Labute approximate surface area is 125 Å². The Balaban J connectivity index is 1.67. The molecule has 7 nitrogen and oxygen atoms in total. The van der Waals surface area contributed by atoms with Crippen LogP contribution < -0.4 is 14.8 Å². The maximum Gasteiger partial charge on any atom is 0.251 e. The quantitative estimate of drug-likeness (QED) is 0.929. The average molecular weight is 310 g/mol. The number of rotatable bonds is 4. The first-order valence-electron chi connectivity index (χ1n) is 6.28. The zero-order valence-corrected chi connectivity index (χ0v) is 11.9. The monoisotopic (exact) mass is 309 g/mol. The van der Waals surface area contributed by atoms with Gasteiger partial charge in [0.2, 0.25) is 13.2 Å². The van der Waals surface area contributed by atoms with Crippen molar-refractivity contribution in [1.82, 2.24) is 15.5 Å². The molecule has 0 radical (unpaired) electrons. The van der Waals surface area contributed by atoms with Crippen LogP contribution in [0.5, 0.6) is 11.5 Å². The van der Waals surface area contributed by atoms with Gasteiger partial charge in [-0.05, 0) is 12.1 Å². The fraction of sp³-hybridized carbons (Fsp3) is 0.308. The van der Waals surface area contributed by atoms with E-state index in [0.717, 1.165) is 0 Å². The molecule has 0 bridgehead atoms. The van der Waals surface area contributed by atoms with E-state index in [2.05, 4.69) is 20.0 Å². The van der Waals surface area contributed by atoms with Crippen molar-refractivity contribution < 1.29 is 18.8 Å². The van der Waals surface area contributed by atoms with Crippen LogP contribution in [-0.4, -0.2) is 29.4 Å². The highest BCUT2D eigenvalue weighted by Gasteiger charge is 2.21. The van der Waals surface area contributed by atoms with Gasteiger partial charge in [-0.25, -0.2) is 0 Å². The van der Waals surface area contributed by atoms with Gasteiger partial charge in [-0.3, -0.25) is 4.79 Å². The molecular formula is C13H12ClN3O4. The van der Waals surface area contributed by atoms with Crippen LogP contribution in [-0.2, 0) is 0 Å². The topological polar surface area (TPSA) is 86.5 Å². The van der Waals surface area contributed by atoms with Crippen molar-refractivity contribution in [2.45, 2.75) is 12.8 Å². The van der Waals surface area contributed by atoms with E-state index in [1.807, 2.05) is 6.92 Å². The normalized spacial score (nSPS) is 14.0. The van der Waals surface area contributed by atoms with Gasteiger partial charge in [0.1, 0.15) is 0 Å². The Morgan fingerprint density at radius 2 is 2.33 bits per heavy atom. The summed E-state index contributed by atoms with van der Waals surface area (Å²) in [5, 5.41) is 6.87. The molecule has 0 spiro atoms. The zero-order chi connectivity index (χ0) is 14.8. The first kappa shape index (κ1) is 13.7. The Kier molecular flexibility index (Phi) is 3.66. The zero-order valence-electron chi connectivity index (χ0n) is 11.1. The summed E-state index contributed by atoms with van der Waals surface area (Å²) in [4.78, 5) is 16.1. The van der Waals surface area contributed by atoms with Gasteiger partial charge < -0.3 is 19.3 Å². The number of nitrogens with zero attached hydrogens (tertiary/aromatic N) is 2. The lowest BCUT2D eigenvalue weighted by molar-refractivity contribution is 0.0951. The SMILES string of the molecule is CC(CNC(=O)c1cc(Cl)c2c(c1)OCO2)c1ncon1. The van der Waals surface area contributed by atoms with Crippen molar-refractivity contribution in [2.24, 2.45) is 0 Å². The largest absolute Gasteiger partial charge is 0.454 e. The summed E-state index contributed by atoms with van der Waals surface area (Å²) >= 11 is 6.05. The summed E-state index contributed by atoms with van der Waals surface area (Å²) < 4.78 is 15.1. The Morgan fingerprint density at radius 1 is 1.48 bits per heavy atom. The molecular weight excluding hydrogens is 298 g/mol. The van der Waals surface area contributed by atoms with E-state index < -0.39 is 0 Å². The molecule has 8 heteroatoms. The number of carbonyl (C=O) groups is 1. The van der Waals surface area contributed by atoms with Crippen molar-refractivity contribution in [3.05, 3.63) is 34.9 Å². The van der Waals surface area contributed by atoms with E-state index in [-0.39, 0.29) is 18.6 Å².